The third kappa shape index (κ3) is 4.72. The van der Waals surface area contributed by atoms with Gasteiger partial charge in [0.05, 0.1) is 28.7 Å². The Hall–Kier alpha value is -3.10. The number of aromatic nitrogens is 4. The fraction of sp³-hybridized carbons (Fsp3) is 0.143. The molecule has 2 aromatic heterocycles. The van der Waals surface area contributed by atoms with E-state index in [0.29, 0.717) is 21.7 Å². The molecule has 7 nitrogen and oxygen atoms in total. The molecule has 1 atom stereocenters. The van der Waals surface area contributed by atoms with Crippen LogP contribution in [0.1, 0.15) is 18.5 Å². The summed E-state index contributed by atoms with van der Waals surface area (Å²) in [6.45, 7) is 1.94. The Bertz CT molecular complexity index is 1130. The quantitative estimate of drug-likeness (QED) is 0.425. The maximum Gasteiger partial charge on any atom is 0.277 e. The molecule has 1 unspecified atom stereocenters. The molecular weight excluding hydrogens is 422 g/mol. The fourth-order valence-corrected chi connectivity index (χ4v) is 3.64. The largest absolute Gasteiger partial charge is 0.411 e. The summed E-state index contributed by atoms with van der Waals surface area (Å²) in [5.74, 6) is 0.375. The predicted octanol–water partition coefficient (Wildman–Crippen LogP) is 4.55. The van der Waals surface area contributed by atoms with E-state index in [9.17, 15) is 4.79 Å². The number of nitrogens with zero attached hydrogens (tertiary/aromatic N) is 4. The van der Waals surface area contributed by atoms with Crippen LogP contribution < -0.4 is 5.32 Å². The molecule has 0 fully saturated rings. The van der Waals surface area contributed by atoms with E-state index in [2.05, 4.69) is 20.5 Å². The first-order valence-corrected chi connectivity index (χ1v) is 10.6. The highest BCUT2D eigenvalue weighted by atomic mass is 35.5. The number of benzene rings is 2. The smallest absolute Gasteiger partial charge is 0.277 e. The van der Waals surface area contributed by atoms with Crippen molar-refractivity contribution < 1.29 is 9.21 Å². The second kappa shape index (κ2) is 9.15. The molecule has 0 aliphatic carbocycles. The molecule has 152 valence electrons. The number of imidazole rings is 1. The van der Waals surface area contributed by atoms with Gasteiger partial charge in [0, 0.05) is 18.1 Å². The zero-order valence-electron chi connectivity index (χ0n) is 16.0. The summed E-state index contributed by atoms with van der Waals surface area (Å²) < 4.78 is 7.53. The van der Waals surface area contributed by atoms with Gasteiger partial charge < -0.3 is 14.3 Å². The Labute approximate surface area is 182 Å². The first-order chi connectivity index (χ1) is 14.6. The van der Waals surface area contributed by atoms with Gasteiger partial charge >= 0.3 is 0 Å². The third-order valence-corrected chi connectivity index (χ3v) is 5.56. The van der Waals surface area contributed by atoms with Crippen molar-refractivity contribution in [3.63, 3.8) is 0 Å². The van der Waals surface area contributed by atoms with E-state index in [1.807, 2.05) is 54.1 Å². The fourth-order valence-electron chi connectivity index (χ4n) is 2.85. The number of rotatable bonds is 7. The lowest BCUT2D eigenvalue weighted by molar-refractivity contribution is -0.119. The van der Waals surface area contributed by atoms with Crippen molar-refractivity contribution in [1.29, 1.82) is 0 Å². The Balaban J connectivity index is 1.31. The average molecular weight is 440 g/mol. The molecule has 0 saturated heterocycles. The van der Waals surface area contributed by atoms with Gasteiger partial charge in [-0.25, -0.2) is 4.98 Å². The Morgan fingerprint density at radius 1 is 1.20 bits per heavy atom. The summed E-state index contributed by atoms with van der Waals surface area (Å²) in [7, 11) is 0. The van der Waals surface area contributed by atoms with E-state index < -0.39 is 0 Å². The van der Waals surface area contributed by atoms with Crippen molar-refractivity contribution in [3.05, 3.63) is 77.8 Å². The number of nitrogens with one attached hydrogen (secondary N) is 1. The Morgan fingerprint density at radius 2 is 2.00 bits per heavy atom. The predicted molar refractivity (Wildman–Crippen MR) is 116 cm³/mol. The summed E-state index contributed by atoms with van der Waals surface area (Å²) in [6, 6.07) is 15.1. The van der Waals surface area contributed by atoms with Gasteiger partial charge in [0.15, 0.2) is 0 Å². The third-order valence-electron chi connectivity index (χ3n) is 4.41. The minimum absolute atomic E-state index is 0.122. The Kier molecular flexibility index (Phi) is 6.15. The first-order valence-electron chi connectivity index (χ1n) is 9.19. The molecule has 0 aliphatic heterocycles. The number of hydrogen-bond donors (Lipinski definition) is 1. The first kappa shape index (κ1) is 20.2. The SMILES string of the molecule is CC(NC(=O)CSc1nnc(-c2ccccc2Cl)o1)c1ccc(-n2ccnc2)cc1. The highest BCUT2D eigenvalue weighted by Crippen LogP contribution is 2.28. The normalized spacial score (nSPS) is 11.9. The second-order valence-electron chi connectivity index (χ2n) is 6.49. The molecule has 1 amide bonds. The lowest BCUT2D eigenvalue weighted by atomic mass is 10.1. The van der Waals surface area contributed by atoms with Crippen LogP contribution in [-0.4, -0.2) is 31.4 Å². The molecule has 0 saturated carbocycles. The van der Waals surface area contributed by atoms with Gasteiger partial charge in [0.1, 0.15) is 0 Å². The number of carbonyl (C=O) groups is 1. The lowest BCUT2D eigenvalue weighted by Gasteiger charge is -2.14. The van der Waals surface area contributed by atoms with E-state index in [1.165, 1.54) is 11.8 Å². The summed E-state index contributed by atoms with van der Waals surface area (Å²) in [5.41, 5.74) is 2.68. The van der Waals surface area contributed by atoms with Crippen LogP contribution in [0, 0.1) is 0 Å². The highest BCUT2D eigenvalue weighted by Gasteiger charge is 2.15. The molecule has 9 heteroatoms. The number of amides is 1. The van der Waals surface area contributed by atoms with E-state index in [4.69, 9.17) is 16.0 Å². The van der Waals surface area contributed by atoms with Crippen molar-refractivity contribution in [2.75, 3.05) is 5.75 Å². The number of hydrogen-bond acceptors (Lipinski definition) is 6. The molecule has 0 radical (unpaired) electrons. The van der Waals surface area contributed by atoms with Crippen LogP contribution in [-0.2, 0) is 4.79 Å². The summed E-state index contributed by atoms with van der Waals surface area (Å²) in [5, 5.41) is 11.8. The van der Waals surface area contributed by atoms with E-state index in [-0.39, 0.29) is 17.7 Å². The minimum atomic E-state index is -0.128. The van der Waals surface area contributed by atoms with Crippen molar-refractivity contribution in [2.24, 2.45) is 0 Å². The molecule has 4 rings (SSSR count). The second-order valence-corrected chi connectivity index (χ2v) is 7.83. The van der Waals surface area contributed by atoms with Crippen molar-refractivity contribution in [2.45, 2.75) is 18.2 Å². The zero-order valence-corrected chi connectivity index (χ0v) is 17.6. The van der Waals surface area contributed by atoms with Crippen LogP contribution in [0.15, 0.2) is 76.9 Å². The average Bonchev–Trinajstić information content (AvgIpc) is 3.45. The molecule has 2 heterocycles. The van der Waals surface area contributed by atoms with E-state index in [1.54, 1.807) is 24.7 Å². The van der Waals surface area contributed by atoms with Crippen LogP contribution in [0.3, 0.4) is 0 Å². The van der Waals surface area contributed by atoms with Crippen molar-refractivity contribution in [3.8, 4) is 17.1 Å². The maximum atomic E-state index is 12.3. The molecule has 1 N–H and O–H groups in total. The zero-order chi connectivity index (χ0) is 20.9. The van der Waals surface area contributed by atoms with Gasteiger partial charge in [-0.3, -0.25) is 4.79 Å². The summed E-state index contributed by atoms with van der Waals surface area (Å²) in [4.78, 5) is 16.4. The molecule has 30 heavy (non-hydrogen) atoms. The molecule has 0 aliphatic rings. The van der Waals surface area contributed by atoms with Gasteiger partial charge in [0.25, 0.3) is 5.22 Å². The van der Waals surface area contributed by atoms with Gasteiger partial charge in [-0.15, -0.1) is 10.2 Å². The molecule has 0 spiro atoms. The lowest BCUT2D eigenvalue weighted by Crippen LogP contribution is -2.28. The van der Waals surface area contributed by atoms with Crippen LogP contribution in [0.4, 0.5) is 0 Å². The molecule has 0 bridgehead atoms. The molecular formula is C21H18ClN5O2S. The maximum absolute atomic E-state index is 12.3. The molecule has 2 aromatic carbocycles. The van der Waals surface area contributed by atoms with E-state index >= 15 is 0 Å². The summed E-state index contributed by atoms with van der Waals surface area (Å²) in [6.07, 6.45) is 5.35. The highest BCUT2D eigenvalue weighted by molar-refractivity contribution is 7.99. The monoisotopic (exact) mass is 439 g/mol. The standard InChI is InChI=1S/C21H18ClN5O2S/c1-14(15-6-8-16(9-7-15)27-11-10-23-13-27)24-19(28)12-30-21-26-25-20(29-21)17-4-2-3-5-18(17)22/h2-11,13-14H,12H2,1H3,(H,24,28). The van der Waals surface area contributed by atoms with Gasteiger partial charge in [-0.2, -0.15) is 0 Å². The minimum Gasteiger partial charge on any atom is -0.411 e. The van der Waals surface area contributed by atoms with Crippen LogP contribution in [0.25, 0.3) is 17.1 Å². The molecule has 4 aromatic rings. The van der Waals surface area contributed by atoms with Gasteiger partial charge in [-0.05, 0) is 36.8 Å². The van der Waals surface area contributed by atoms with Crippen LogP contribution >= 0.6 is 23.4 Å². The van der Waals surface area contributed by atoms with Crippen molar-refractivity contribution in [1.82, 2.24) is 25.1 Å². The van der Waals surface area contributed by atoms with Crippen LogP contribution in [0.5, 0.6) is 0 Å². The summed E-state index contributed by atoms with van der Waals surface area (Å²) >= 11 is 7.33. The number of thioether (sulfide) groups is 1. The Morgan fingerprint density at radius 3 is 2.73 bits per heavy atom. The van der Waals surface area contributed by atoms with Gasteiger partial charge in [-0.1, -0.05) is 47.6 Å². The van der Waals surface area contributed by atoms with Crippen LogP contribution in [0.2, 0.25) is 5.02 Å². The topological polar surface area (TPSA) is 85.8 Å². The van der Waals surface area contributed by atoms with E-state index in [0.717, 1.165) is 11.3 Å². The number of halogens is 1. The number of carbonyl (C=O) groups excluding carboxylic acids is 1. The van der Waals surface area contributed by atoms with Gasteiger partial charge in [0.2, 0.25) is 11.8 Å². The van der Waals surface area contributed by atoms with Crippen molar-refractivity contribution >= 4 is 29.3 Å².